The largest absolute Gasteiger partial charge is 0.386 e. The second-order valence-electron chi connectivity index (χ2n) is 5.28. The summed E-state index contributed by atoms with van der Waals surface area (Å²) in [5.74, 6) is 0. The quantitative estimate of drug-likeness (QED) is 0.724. The Kier molecular flexibility index (Phi) is 1.78. The number of nitrogens with one attached hydrogen (secondary N) is 1. The van der Waals surface area contributed by atoms with Crippen molar-refractivity contribution in [2.24, 2.45) is 0 Å². The van der Waals surface area contributed by atoms with E-state index in [1.807, 2.05) is 12.2 Å². The van der Waals surface area contributed by atoms with Gasteiger partial charge in [-0.3, -0.25) is 0 Å². The highest BCUT2D eigenvalue weighted by Crippen LogP contribution is 2.52. The lowest BCUT2D eigenvalue weighted by molar-refractivity contribution is 0.0334. The fourth-order valence-corrected chi connectivity index (χ4v) is 3.60. The molecule has 90 valence electrons. The van der Waals surface area contributed by atoms with Gasteiger partial charge in [0.15, 0.2) is 0 Å². The lowest BCUT2D eigenvalue weighted by Gasteiger charge is -2.53. The Labute approximate surface area is 106 Å². The van der Waals surface area contributed by atoms with E-state index in [9.17, 15) is 5.11 Å². The van der Waals surface area contributed by atoms with Gasteiger partial charge in [0, 0.05) is 12.2 Å². The molecule has 2 nitrogen and oxygen atoms in total. The molecule has 0 aromatic heterocycles. The van der Waals surface area contributed by atoms with Gasteiger partial charge in [-0.2, -0.15) is 0 Å². The normalized spacial score (nSPS) is 35.3. The first kappa shape index (κ1) is 10.2. The molecule has 2 bridgehead atoms. The van der Waals surface area contributed by atoms with E-state index < -0.39 is 5.60 Å². The number of allylic oxidation sites excluding steroid dienone is 2. The van der Waals surface area contributed by atoms with Crippen LogP contribution in [0.4, 0.5) is 0 Å². The van der Waals surface area contributed by atoms with Crippen LogP contribution in [0.3, 0.4) is 0 Å². The first-order chi connectivity index (χ1) is 8.76. The van der Waals surface area contributed by atoms with Gasteiger partial charge in [0.25, 0.3) is 0 Å². The van der Waals surface area contributed by atoms with E-state index in [2.05, 4.69) is 47.8 Å². The molecule has 3 aliphatic rings. The Balaban J connectivity index is 2.10. The van der Waals surface area contributed by atoms with E-state index in [0.29, 0.717) is 0 Å². The fraction of sp³-hybridized carbons (Fsp3) is 0.250. The molecular formula is C16H15NO. The molecule has 4 rings (SSSR count). The Morgan fingerprint density at radius 3 is 2.89 bits per heavy atom. The van der Waals surface area contributed by atoms with Crippen molar-refractivity contribution in [3.05, 3.63) is 65.4 Å². The molecule has 18 heavy (non-hydrogen) atoms. The highest BCUT2D eigenvalue weighted by Gasteiger charge is 2.56. The summed E-state index contributed by atoms with van der Waals surface area (Å²) in [6.45, 7) is 0.903. The molecule has 0 spiro atoms. The molecule has 1 fully saturated rings. The Bertz CT molecular complexity index is 613. The number of piperidine rings is 1. The van der Waals surface area contributed by atoms with Gasteiger partial charge in [-0.15, -0.1) is 0 Å². The Morgan fingerprint density at radius 2 is 1.94 bits per heavy atom. The first-order valence-electron chi connectivity index (χ1n) is 6.41. The number of aliphatic hydroxyl groups is 1. The number of benzene rings is 1. The van der Waals surface area contributed by atoms with Crippen molar-refractivity contribution >= 4 is 6.08 Å². The van der Waals surface area contributed by atoms with Gasteiger partial charge in [0.2, 0.25) is 0 Å². The maximum absolute atomic E-state index is 11.1. The van der Waals surface area contributed by atoms with E-state index >= 15 is 0 Å². The minimum Gasteiger partial charge on any atom is -0.386 e. The molecule has 0 amide bonds. The lowest BCUT2D eigenvalue weighted by atomic mass is 9.57. The Hall–Kier alpha value is -1.80. The van der Waals surface area contributed by atoms with Gasteiger partial charge < -0.3 is 10.4 Å². The second-order valence-corrected chi connectivity index (χ2v) is 5.28. The molecule has 0 radical (unpaired) electrons. The summed E-state index contributed by atoms with van der Waals surface area (Å²) in [6, 6.07) is 8.37. The van der Waals surface area contributed by atoms with Crippen molar-refractivity contribution in [1.29, 1.82) is 0 Å². The number of hydrogen-bond donors (Lipinski definition) is 2. The van der Waals surface area contributed by atoms with Crippen LogP contribution in [0.15, 0.2) is 54.3 Å². The maximum Gasteiger partial charge on any atom is 0.135 e. The van der Waals surface area contributed by atoms with Crippen LogP contribution in [-0.4, -0.2) is 17.3 Å². The van der Waals surface area contributed by atoms with E-state index in [-0.39, 0.29) is 5.41 Å². The van der Waals surface area contributed by atoms with Crippen LogP contribution < -0.4 is 5.32 Å². The molecule has 2 N–H and O–H groups in total. The first-order valence-corrected chi connectivity index (χ1v) is 6.41. The van der Waals surface area contributed by atoms with Crippen LogP contribution in [0.5, 0.6) is 0 Å². The number of hydrogen-bond acceptors (Lipinski definition) is 2. The van der Waals surface area contributed by atoms with Gasteiger partial charge >= 0.3 is 0 Å². The van der Waals surface area contributed by atoms with Gasteiger partial charge in [0.1, 0.15) is 5.60 Å². The Morgan fingerprint density at radius 1 is 1.11 bits per heavy atom. The number of rotatable bonds is 0. The summed E-state index contributed by atoms with van der Waals surface area (Å²) in [4.78, 5) is 0. The van der Waals surface area contributed by atoms with Crippen molar-refractivity contribution in [3.8, 4) is 0 Å². The van der Waals surface area contributed by atoms with Crippen molar-refractivity contribution < 1.29 is 5.11 Å². The highest BCUT2D eigenvalue weighted by atomic mass is 16.3. The summed E-state index contributed by atoms with van der Waals surface area (Å²) in [7, 11) is 0. The van der Waals surface area contributed by atoms with Gasteiger partial charge in [0.05, 0.1) is 5.41 Å². The zero-order chi connectivity index (χ0) is 12.2. The molecule has 2 heteroatoms. The lowest BCUT2D eigenvalue weighted by Crippen LogP contribution is -2.60. The predicted molar refractivity (Wildman–Crippen MR) is 71.9 cm³/mol. The summed E-state index contributed by atoms with van der Waals surface area (Å²) in [6.07, 6.45) is 11.1. The molecule has 0 saturated carbocycles. The fourth-order valence-electron chi connectivity index (χ4n) is 3.60. The average Bonchev–Trinajstić information content (AvgIpc) is 2.38. The summed E-state index contributed by atoms with van der Waals surface area (Å²) < 4.78 is 0. The summed E-state index contributed by atoms with van der Waals surface area (Å²) >= 11 is 0. The van der Waals surface area contributed by atoms with Gasteiger partial charge in [-0.05, 0) is 29.7 Å². The predicted octanol–water partition coefficient (Wildman–Crippen LogP) is 2.13. The van der Waals surface area contributed by atoms with E-state index in [0.717, 1.165) is 18.7 Å². The van der Waals surface area contributed by atoms with Crippen LogP contribution in [-0.2, 0) is 5.41 Å². The van der Waals surface area contributed by atoms with Crippen molar-refractivity contribution in [2.45, 2.75) is 17.4 Å². The molecule has 1 aromatic rings. The van der Waals surface area contributed by atoms with Crippen LogP contribution in [0, 0.1) is 0 Å². The molecule has 1 aromatic carbocycles. The van der Waals surface area contributed by atoms with Crippen LogP contribution in [0.2, 0.25) is 0 Å². The topological polar surface area (TPSA) is 32.3 Å². The van der Waals surface area contributed by atoms with E-state index in [4.69, 9.17) is 0 Å². The van der Waals surface area contributed by atoms with Crippen LogP contribution in [0.25, 0.3) is 6.08 Å². The van der Waals surface area contributed by atoms with Gasteiger partial charge in [-0.1, -0.05) is 42.5 Å². The summed E-state index contributed by atoms with van der Waals surface area (Å²) in [5.41, 5.74) is 2.16. The van der Waals surface area contributed by atoms with E-state index in [1.54, 1.807) is 0 Å². The number of fused-ring (bicyclic) bond motifs is 1. The van der Waals surface area contributed by atoms with Crippen LogP contribution >= 0.6 is 0 Å². The van der Waals surface area contributed by atoms with Gasteiger partial charge in [-0.25, -0.2) is 0 Å². The average molecular weight is 237 g/mol. The molecule has 1 aliphatic heterocycles. The monoisotopic (exact) mass is 237 g/mol. The molecule has 2 unspecified atom stereocenters. The molecular weight excluding hydrogens is 222 g/mol. The standard InChI is InChI=1S/C16H15NO/c18-16-8-4-3-7-15(16)9-10-17-14(16)11-12-5-1-2-6-13(12)15/h1-8,11,17-18H,9-10H2. The minimum absolute atomic E-state index is 0.298. The molecule has 1 heterocycles. The zero-order valence-corrected chi connectivity index (χ0v) is 10.1. The third-order valence-corrected chi connectivity index (χ3v) is 4.50. The van der Waals surface area contributed by atoms with Crippen molar-refractivity contribution in [3.63, 3.8) is 0 Å². The second kappa shape index (κ2) is 3.15. The van der Waals surface area contributed by atoms with E-state index in [1.165, 1.54) is 11.1 Å². The third kappa shape index (κ3) is 0.982. The zero-order valence-electron chi connectivity index (χ0n) is 10.1. The SMILES string of the molecule is OC12C=CC=CC13CCNC2=Cc1ccccc13. The molecule has 1 saturated heterocycles. The maximum atomic E-state index is 11.1. The minimum atomic E-state index is -0.908. The third-order valence-electron chi connectivity index (χ3n) is 4.50. The molecule has 2 atom stereocenters. The van der Waals surface area contributed by atoms with Crippen molar-refractivity contribution in [1.82, 2.24) is 5.32 Å². The highest BCUT2D eigenvalue weighted by molar-refractivity contribution is 5.70. The van der Waals surface area contributed by atoms with Crippen LogP contribution in [0.1, 0.15) is 17.5 Å². The molecule has 2 aliphatic carbocycles. The van der Waals surface area contributed by atoms with Crippen molar-refractivity contribution in [2.75, 3.05) is 6.54 Å². The smallest absolute Gasteiger partial charge is 0.135 e. The summed E-state index contributed by atoms with van der Waals surface area (Å²) in [5, 5.41) is 14.5.